The van der Waals surface area contributed by atoms with Gasteiger partial charge in [0.15, 0.2) is 0 Å². The van der Waals surface area contributed by atoms with Crippen LogP contribution in [0, 0.1) is 10.1 Å². The van der Waals surface area contributed by atoms with Crippen LogP contribution in [-0.4, -0.2) is 33.5 Å². The molecule has 0 saturated carbocycles. The Bertz CT molecular complexity index is 923. The number of benzene rings is 2. The van der Waals surface area contributed by atoms with Gasteiger partial charge in [0.2, 0.25) is 10.0 Å². The molecule has 1 aliphatic rings. The first-order valence-corrected chi connectivity index (χ1v) is 10.2. The molecule has 9 heteroatoms. The van der Waals surface area contributed by atoms with Crippen LogP contribution in [0.2, 0.25) is 0 Å². The topological polar surface area (TPSA) is 105 Å². The standard InChI is InChI=1S/C18H22N4O4S/c1-19-27(25,26)16-9-10-17(18(13-16)22(23)24)20-14-5-7-15(8-6-14)21-11-3-2-4-12-21/h5-10,13,19-20H,2-4,11-12H2,1H3. The van der Waals surface area contributed by atoms with Crippen LogP contribution in [0.1, 0.15) is 19.3 Å². The largest absolute Gasteiger partial charge is 0.372 e. The monoisotopic (exact) mass is 390 g/mol. The van der Waals surface area contributed by atoms with Gasteiger partial charge in [-0.1, -0.05) is 0 Å². The molecule has 0 aromatic heterocycles. The maximum Gasteiger partial charge on any atom is 0.294 e. The van der Waals surface area contributed by atoms with Crippen LogP contribution in [0.3, 0.4) is 0 Å². The Morgan fingerprint density at radius 1 is 1.04 bits per heavy atom. The first kappa shape index (κ1) is 19.1. The summed E-state index contributed by atoms with van der Waals surface area (Å²) >= 11 is 0. The van der Waals surface area contributed by atoms with Crippen molar-refractivity contribution in [1.29, 1.82) is 0 Å². The quantitative estimate of drug-likeness (QED) is 0.580. The van der Waals surface area contributed by atoms with Crippen molar-refractivity contribution in [2.45, 2.75) is 24.2 Å². The Labute approximate surface area is 158 Å². The first-order valence-electron chi connectivity index (χ1n) is 8.75. The molecule has 1 fully saturated rings. The number of hydrogen-bond acceptors (Lipinski definition) is 6. The van der Waals surface area contributed by atoms with E-state index in [-0.39, 0.29) is 16.3 Å². The molecule has 1 saturated heterocycles. The lowest BCUT2D eigenvalue weighted by atomic mass is 10.1. The van der Waals surface area contributed by atoms with Gasteiger partial charge in [-0.3, -0.25) is 10.1 Å². The van der Waals surface area contributed by atoms with Crippen LogP contribution in [0.25, 0.3) is 0 Å². The van der Waals surface area contributed by atoms with Gasteiger partial charge in [-0.2, -0.15) is 0 Å². The molecule has 0 aliphatic carbocycles. The third kappa shape index (κ3) is 4.37. The van der Waals surface area contributed by atoms with Crippen molar-refractivity contribution >= 4 is 32.8 Å². The molecule has 2 aromatic carbocycles. The maximum atomic E-state index is 11.9. The van der Waals surface area contributed by atoms with E-state index in [4.69, 9.17) is 0 Å². The van der Waals surface area contributed by atoms with Crippen molar-refractivity contribution in [2.75, 3.05) is 30.4 Å². The number of nitro benzene ring substituents is 1. The lowest BCUT2D eigenvalue weighted by Gasteiger charge is -2.28. The maximum absolute atomic E-state index is 11.9. The molecule has 0 radical (unpaired) electrons. The Kier molecular flexibility index (Phi) is 5.62. The van der Waals surface area contributed by atoms with Gasteiger partial charge < -0.3 is 10.2 Å². The molecule has 1 aliphatic heterocycles. The van der Waals surface area contributed by atoms with E-state index in [9.17, 15) is 18.5 Å². The minimum atomic E-state index is -3.75. The van der Waals surface area contributed by atoms with Crippen LogP contribution in [-0.2, 0) is 10.0 Å². The molecular formula is C18H22N4O4S. The van der Waals surface area contributed by atoms with E-state index in [1.54, 1.807) is 0 Å². The zero-order valence-corrected chi connectivity index (χ0v) is 15.8. The van der Waals surface area contributed by atoms with Gasteiger partial charge in [0.25, 0.3) is 5.69 Å². The molecule has 0 amide bonds. The van der Waals surface area contributed by atoms with Crippen molar-refractivity contribution < 1.29 is 13.3 Å². The Morgan fingerprint density at radius 3 is 2.30 bits per heavy atom. The fraction of sp³-hybridized carbons (Fsp3) is 0.333. The molecule has 144 valence electrons. The zero-order chi connectivity index (χ0) is 19.4. The average molecular weight is 390 g/mol. The van der Waals surface area contributed by atoms with Crippen LogP contribution in [0.15, 0.2) is 47.4 Å². The van der Waals surface area contributed by atoms with Gasteiger partial charge in [0, 0.05) is 30.5 Å². The van der Waals surface area contributed by atoms with Crippen molar-refractivity contribution in [3.63, 3.8) is 0 Å². The molecule has 1 heterocycles. The molecule has 0 spiro atoms. The van der Waals surface area contributed by atoms with E-state index in [0.717, 1.165) is 24.8 Å². The van der Waals surface area contributed by atoms with Crippen molar-refractivity contribution in [1.82, 2.24) is 4.72 Å². The van der Waals surface area contributed by atoms with E-state index in [1.807, 2.05) is 24.3 Å². The van der Waals surface area contributed by atoms with Crippen molar-refractivity contribution in [3.05, 3.63) is 52.6 Å². The highest BCUT2D eigenvalue weighted by atomic mass is 32.2. The van der Waals surface area contributed by atoms with Gasteiger partial charge in [0.1, 0.15) is 5.69 Å². The number of rotatable bonds is 6. The summed E-state index contributed by atoms with van der Waals surface area (Å²) in [6.07, 6.45) is 3.64. The predicted octanol–water partition coefficient (Wildman–Crippen LogP) is 3.24. The van der Waals surface area contributed by atoms with E-state index in [2.05, 4.69) is 14.9 Å². The summed E-state index contributed by atoms with van der Waals surface area (Å²) in [6.45, 7) is 2.08. The highest BCUT2D eigenvalue weighted by Crippen LogP contribution is 2.31. The van der Waals surface area contributed by atoms with Gasteiger partial charge in [0.05, 0.1) is 9.82 Å². The zero-order valence-electron chi connectivity index (χ0n) is 15.0. The van der Waals surface area contributed by atoms with Gasteiger partial charge in [-0.05, 0) is 62.7 Å². The molecule has 0 atom stereocenters. The lowest BCUT2D eigenvalue weighted by molar-refractivity contribution is -0.384. The highest BCUT2D eigenvalue weighted by molar-refractivity contribution is 7.89. The Morgan fingerprint density at radius 2 is 1.70 bits per heavy atom. The number of piperidine rings is 1. The minimum absolute atomic E-state index is 0.150. The smallest absolute Gasteiger partial charge is 0.294 e. The highest BCUT2D eigenvalue weighted by Gasteiger charge is 2.20. The van der Waals surface area contributed by atoms with Crippen molar-refractivity contribution in [3.8, 4) is 0 Å². The molecule has 0 unspecified atom stereocenters. The normalized spacial score (nSPS) is 14.8. The van der Waals surface area contributed by atoms with Gasteiger partial charge >= 0.3 is 0 Å². The minimum Gasteiger partial charge on any atom is -0.372 e. The molecular weight excluding hydrogens is 368 g/mol. The van der Waals surface area contributed by atoms with Crippen LogP contribution >= 0.6 is 0 Å². The summed E-state index contributed by atoms with van der Waals surface area (Å²) in [4.78, 5) is 13.0. The van der Waals surface area contributed by atoms with E-state index in [1.165, 1.54) is 38.4 Å². The second-order valence-corrected chi connectivity index (χ2v) is 8.25. The number of sulfonamides is 1. The Balaban J connectivity index is 1.83. The van der Waals surface area contributed by atoms with E-state index in [0.29, 0.717) is 5.69 Å². The predicted molar refractivity (Wildman–Crippen MR) is 105 cm³/mol. The van der Waals surface area contributed by atoms with E-state index < -0.39 is 14.9 Å². The average Bonchev–Trinajstić information content (AvgIpc) is 2.69. The molecule has 3 rings (SSSR count). The summed E-state index contributed by atoms with van der Waals surface area (Å²) < 4.78 is 25.9. The fourth-order valence-corrected chi connectivity index (χ4v) is 3.87. The summed E-state index contributed by atoms with van der Waals surface area (Å²) in [5, 5.41) is 14.4. The van der Waals surface area contributed by atoms with Crippen LogP contribution in [0.4, 0.5) is 22.7 Å². The van der Waals surface area contributed by atoms with Crippen LogP contribution in [0.5, 0.6) is 0 Å². The number of nitrogens with one attached hydrogen (secondary N) is 2. The van der Waals surface area contributed by atoms with Gasteiger partial charge in [-0.15, -0.1) is 0 Å². The summed E-state index contributed by atoms with van der Waals surface area (Å²) in [5.74, 6) is 0. The number of nitro groups is 1. The van der Waals surface area contributed by atoms with Crippen LogP contribution < -0.4 is 14.9 Å². The van der Waals surface area contributed by atoms with Crippen molar-refractivity contribution in [2.24, 2.45) is 0 Å². The molecule has 27 heavy (non-hydrogen) atoms. The molecule has 0 bridgehead atoms. The summed E-state index contributed by atoms with van der Waals surface area (Å²) in [6, 6.07) is 11.5. The molecule has 8 nitrogen and oxygen atoms in total. The number of anilines is 3. The second kappa shape index (κ2) is 7.93. The third-order valence-electron chi connectivity index (χ3n) is 4.61. The molecule has 2 aromatic rings. The molecule has 2 N–H and O–H groups in total. The fourth-order valence-electron chi connectivity index (χ4n) is 3.12. The Hall–Kier alpha value is -2.65. The summed E-state index contributed by atoms with van der Waals surface area (Å²) in [5.41, 5.74) is 1.76. The van der Waals surface area contributed by atoms with E-state index >= 15 is 0 Å². The third-order valence-corrected chi connectivity index (χ3v) is 6.02. The van der Waals surface area contributed by atoms with Gasteiger partial charge in [-0.25, -0.2) is 13.1 Å². The number of hydrogen-bond donors (Lipinski definition) is 2. The lowest BCUT2D eigenvalue weighted by Crippen LogP contribution is -2.29. The summed E-state index contributed by atoms with van der Waals surface area (Å²) in [7, 11) is -2.49. The first-order chi connectivity index (χ1) is 12.9. The SMILES string of the molecule is CNS(=O)(=O)c1ccc(Nc2ccc(N3CCCCC3)cc2)c([N+](=O)[O-])c1. The second-order valence-electron chi connectivity index (χ2n) is 6.36. The number of nitrogens with zero attached hydrogens (tertiary/aromatic N) is 2.